The van der Waals surface area contributed by atoms with E-state index in [0.717, 1.165) is 32.5 Å². The summed E-state index contributed by atoms with van der Waals surface area (Å²) in [5, 5.41) is 6.93. The number of nitrogens with one attached hydrogen (secondary N) is 2. The summed E-state index contributed by atoms with van der Waals surface area (Å²) in [4.78, 5) is 13.1. The number of carbonyl (C=O) groups excluding carboxylic acids is 1. The second kappa shape index (κ2) is 4.69. The second-order valence-corrected chi connectivity index (χ2v) is 8.25. The Morgan fingerprint density at radius 1 is 1.29 bits per heavy atom. The SMILES string of the molecule is CC1(C)C(NC(=O)[C@@]23CCCC[C@H]2CNC3)C2CCOC21. The molecule has 0 radical (unpaired) electrons. The largest absolute Gasteiger partial charge is 0.377 e. The highest BCUT2D eigenvalue weighted by Crippen LogP contribution is 2.53. The van der Waals surface area contributed by atoms with E-state index in [0.29, 0.717) is 29.9 Å². The van der Waals surface area contributed by atoms with Crippen LogP contribution in [-0.4, -0.2) is 37.7 Å². The molecule has 118 valence electrons. The third kappa shape index (κ3) is 1.84. The van der Waals surface area contributed by atoms with Crippen LogP contribution in [0.1, 0.15) is 46.0 Å². The zero-order chi connectivity index (χ0) is 14.7. The van der Waals surface area contributed by atoms with Gasteiger partial charge in [-0.15, -0.1) is 0 Å². The van der Waals surface area contributed by atoms with Crippen LogP contribution in [0.3, 0.4) is 0 Å². The van der Waals surface area contributed by atoms with E-state index in [1.165, 1.54) is 19.3 Å². The molecule has 2 heterocycles. The number of hydrogen-bond donors (Lipinski definition) is 2. The van der Waals surface area contributed by atoms with Crippen LogP contribution >= 0.6 is 0 Å². The lowest BCUT2D eigenvalue weighted by Crippen LogP contribution is -2.68. The van der Waals surface area contributed by atoms with Crippen LogP contribution in [0, 0.1) is 22.7 Å². The molecule has 5 atom stereocenters. The molecule has 2 saturated heterocycles. The zero-order valence-corrected chi connectivity index (χ0v) is 13.3. The second-order valence-electron chi connectivity index (χ2n) is 8.25. The van der Waals surface area contributed by atoms with Gasteiger partial charge in [0.1, 0.15) is 0 Å². The molecule has 0 bridgehead atoms. The Hall–Kier alpha value is -0.610. The topological polar surface area (TPSA) is 50.4 Å². The average molecular weight is 292 g/mol. The van der Waals surface area contributed by atoms with Crippen molar-refractivity contribution in [3.05, 3.63) is 0 Å². The number of fused-ring (bicyclic) bond motifs is 2. The van der Waals surface area contributed by atoms with E-state index in [1.54, 1.807) is 0 Å². The maximum atomic E-state index is 13.1. The molecule has 4 fully saturated rings. The summed E-state index contributed by atoms with van der Waals surface area (Å²) < 4.78 is 5.85. The minimum absolute atomic E-state index is 0.0870. The Labute approximate surface area is 127 Å². The molecule has 4 rings (SSSR count). The van der Waals surface area contributed by atoms with Crippen molar-refractivity contribution in [2.24, 2.45) is 22.7 Å². The zero-order valence-electron chi connectivity index (χ0n) is 13.3. The van der Waals surface area contributed by atoms with E-state index in [-0.39, 0.29) is 10.8 Å². The highest BCUT2D eigenvalue weighted by Gasteiger charge is 2.61. The fourth-order valence-electron chi connectivity index (χ4n) is 5.59. The smallest absolute Gasteiger partial charge is 0.228 e. The fraction of sp³-hybridized carbons (Fsp3) is 0.941. The highest BCUT2D eigenvalue weighted by molar-refractivity contribution is 5.84. The molecule has 4 heteroatoms. The summed E-state index contributed by atoms with van der Waals surface area (Å²) in [6.45, 7) is 7.25. The lowest BCUT2D eigenvalue weighted by Gasteiger charge is -2.55. The first-order valence-electron chi connectivity index (χ1n) is 8.69. The third-order valence-electron chi connectivity index (χ3n) is 6.88. The van der Waals surface area contributed by atoms with Gasteiger partial charge in [0.15, 0.2) is 0 Å². The van der Waals surface area contributed by atoms with E-state index in [9.17, 15) is 4.79 Å². The van der Waals surface area contributed by atoms with Crippen molar-refractivity contribution in [1.29, 1.82) is 0 Å². The molecular weight excluding hydrogens is 264 g/mol. The number of amides is 1. The first-order valence-corrected chi connectivity index (χ1v) is 8.69. The molecule has 0 aromatic rings. The van der Waals surface area contributed by atoms with E-state index in [4.69, 9.17) is 4.74 Å². The van der Waals surface area contributed by atoms with Gasteiger partial charge in [0.2, 0.25) is 5.91 Å². The van der Waals surface area contributed by atoms with Crippen LogP contribution in [0.2, 0.25) is 0 Å². The quantitative estimate of drug-likeness (QED) is 0.814. The normalized spacial score (nSPS) is 47.3. The van der Waals surface area contributed by atoms with Gasteiger partial charge in [-0.2, -0.15) is 0 Å². The van der Waals surface area contributed by atoms with Crippen molar-refractivity contribution in [3.8, 4) is 0 Å². The maximum Gasteiger partial charge on any atom is 0.228 e. The number of ether oxygens (including phenoxy) is 1. The van der Waals surface area contributed by atoms with Crippen LogP contribution in [0.4, 0.5) is 0 Å². The summed E-state index contributed by atoms with van der Waals surface area (Å²) in [6, 6.07) is 0.301. The van der Waals surface area contributed by atoms with Crippen molar-refractivity contribution in [3.63, 3.8) is 0 Å². The summed E-state index contributed by atoms with van der Waals surface area (Å²) in [5.41, 5.74) is -0.0391. The standard InChI is InChI=1S/C17H28N2O2/c1-16(2)13(12-6-8-21-14(12)16)19-15(20)17-7-4-3-5-11(17)9-18-10-17/h11-14,18H,3-10H2,1-2H3,(H,19,20)/t11-,12?,13?,14?,17+/m0/s1. The summed E-state index contributed by atoms with van der Waals surface area (Å²) >= 11 is 0. The van der Waals surface area contributed by atoms with Gasteiger partial charge in [0.25, 0.3) is 0 Å². The molecule has 0 spiro atoms. The molecular formula is C17H28N2O2. The van der Waals surface area contributed by atoms with Gasteiger partial charge < -0.3 is 15.4 Å². The number of carbonyl (C=O) groups is 1. The van der Waals surface area contributed by atoms with Crippen molar-refractivity contribution >= 4 is 5.91 Å². The van der Waals surface area contributed by atoms with Crippen molar-refractivity contribution in [2.75, 3.05) is 19.7 Å². The van der Waals surface area contributed by atoms with Crippen molar-refractivity contribution < 1.29 is 9.53 Å². The van der Waals surface area contributed by atoms with Gasteiger partial charge >= 0.3 is 0 Å². The van der Waals surface area contributed by atoms with E-state index in [2.05, 4.69) is 24.5 Å². The summed E-state index contributed by atoms with van der Waals surface area (Å²) in [6.07, 6.45) is 6.22. The van der Waals surface area contributed by atoms with Crippen LogP contribution in [0.5, 0.6) is 0 Å². The van der Waals surface area contributed by atoms with Crippen molar-refractivity contribution in [1.82, 2.24) is 10.6 Å². The van der Waals surface area contributed by atoms with E-state index in [1.807, 2.05) is 0 Å². The summed E-state index contributed by atoms with van der Waals surface area (Å²) in [5.74, 6) is 1.41. The molecule has 2 saturated carbocycles. The van der Waals surface area contributed by atoms with E-state index < -0.39 is 0 Å². The molecule has 2 aliphatic heterocycles. The fourth-order valence-corrected chi connectivity index (χ4v) is 5.59. The predicted molar refractivity (Wildman–Crippen MR) is 80.8 cm³/mol. The molecule has 1 amide bonds. The van der Waals surface area contributed by atoms with Crippen LogP contribution in [0.15, 0.2) is 0 Å². The lowest BCUT2D eigenvalue weighted by molar-refractivity contribution is -0.148. The highest BCUT2D eigenvalue weighted by atomic mass is 16.5. The minimum Gasteiger partial charge on any atom is -0.377 e. The van der Waals surface area contributed by atoms with Gasteiger partial charge in [0.05, 0.1) is 11.5 Å². The molecule has 21 heavy (non-hydrogen) atoms. The average Bonchev–Trinajstić information content (AvgIpc) is 3.10. The minimum atomic E-state index is -0.126. The van der Waals surface area contributed by atoms with Gasteiger partial charge in [-0.25, -0.2) is 0 Å². The monoisotopic (exact) mass is 292 g/mol. The molecule has 4 nitrogen and oxygen atoms in total. The van der Waals surface area contributed by atoms with E-state index >= 15 is 0 Å². The Morgan fingerprint density at radius 2 is 2.14 bits per heavy atom. The van der Waals surface area contributed by atoms with Gasteiger partial charge in [-0.05, 0) is 31.7 Å². The number of rotatable bonds is 2. The first-order chi connectivity index (χ1) is 10.1. The predicted octanol–water partition coefficient (Wildman–Crippen LogP) is 1.70. The lowest BCUT2D eigenvalue weighted by atomic mass is 9.57. The Kier molecular flexibility index (Phi) is 3.13. The molecule has 0 aromatic heterocycles. The Morgan fingerprint density at radius 3 is 3.00 bits per heavy atom. The molecule has 3 unspecified atom stereocenters. The molecule has 4 aliphatic rings. The van der Waals surface area contributed by atoms with Gasteiger partial charge in [-0.3, -0.25) is 4.79 Å². The Balaban J connectivity index is 1.51. The van der Waals surface area contributed by atoms with Gasteiger partial charge in [-0.1, -0.05) is 26.7 Å². The molecule has 2 aliphatic carbocycles. The summed E-state index contributed by atoms with van der Waals surface area (Å²) in [7, 11) is 0. The molecule has 0 aromatic carbocycles. The maximum absolute atomic E-state index is 13.1. The molecule has 2 N–H and O–H groups in total. The van der Waals surface area contributed by atoms with Crippen LogP contribution < -0.4 is 10.6 Å². The first kappa shape index (κ1) is 14.0. The third-order valence-corrected chi connectivity index (χ3v) is 6.88. The van der Waals surface area contributed by atoms with Crippen molar-refractivity contribution in [2.45, 2.75) is 58.1 Å². The number of hydrogen-bond acceptors (Lipinski definition) is 3. The Bertz CT molecular complexity index is 450. The van der Waals surface area contributed by atoms with Crippen LogP contribution in [-0.2, 0) is 9.53 Å². The van der Waals surface area contributed by atoms with Crippen LogP contribution in [0.25, 0.3) is 0 Å². The van der Waals surface area contributed by atoms with Gasteiger partial charge in [0, 0.05) is 30.5 Å².